The van der Waals surface area contributed by atoms with Crippen LogP contribution in [0.2, 0.25) is 0 Å². The number of halogens is 1. The van der Waals surface area contributed by atoms with Crippen LogP contribution in [0.25, 0.3) is 10.9 Å². The average molecular weight is 436 g/mol. The van der Waals surface area contributed by atoms with E-state index in [0.29, 0.717) is 28.6 Å². The van der Waals surface area contributed by atoms with Crippen molar-refractivity contribution in [3.63, 3.8) is 0 Å². The minimum absolute atomic E-state index is 0. The Kier molecular flexibility index (Phi) is 6.34. The van der Waals surface area contributed by atoms with Crippen molar-refractivity contribution < 1.29 is 14.6 Å². The summed E-state index contributed by atoms with van der Waals surface area (Å²) in [6, 6.07) is 4.34. The Hall–Kier alpha value is -2.25. The zero-order chi connectivity index (χ0) is 20.9. The molecule has 1 aliphatic carbocycles. The molecule has 2 aliphatic rings. The second-order valence-corrected chi connectivity index (χ2v) is 8.40. The number of ether oxygens (including phenoxy) is 1. The average Bonchev–Trinajstić information content (AvgIpc) is 3.44. The maximum absolute atomic E-state index is 12.8. The van der Waals surface area contributed by atoms with E-state index in [2.05, 4.69) is 18.7 Å². The van der Waals surface area contributed by atoms with E-state index in [1.165, 1.54) is 6.20 Å². The number of aromatic carboxylic acids is 1. The lowest BCUT2D eigenvalue weighted by Crippen LogP contribution is -2.31. The number of benzene rings is 1. The minimum Gasteiger partial charge on any atom is -0.492 e. The molecule has 4 rings (SSSR count). The zero-order valence-electron chi connectivity index (χ0n) is 17.6. The number of fused-ring (bicyclic) bond motifs is 1. The van der Waals surface area contributed by atoms with Crippen molar-refractivity contribution in [2.45, 2.75) is 57.7 Å². The van der Waals surface area contributed by atoms with Crippen molar-refractivity contribution in [1.29, 1.82) is 0 Å². The van der Waals surface area contributed by atoms with E-state index in [1.807, 2.05) is 10.6 Å². The fourth-order valence-corrected chi connectivity index (χ4v) is 4.64. The van der Waals surface area contributed by atoms with Gasteiger partial charge >= 0.3 is 5.97 Å². The van der Waals surface area contributed by atoms with Crippen LogP contribution in [0.4, 0.5) is 5.69 Å². The Morgan fingerprint density at radius 3 is 2.60 bits per heavy atom. The quantitative estimate of drug-likeness (QED) is 0.721. The second-order valence-electron chi connectivity index (χ2n) is 8.40. The topological polar surface area (TPSA) is 97.8 Å². The van der Waals surface area contributed by atoms with E-state index in [-0.39, 0.29) is 30.1 Å². The van der Waals surface area contributed by atoms with Gasteiger partial charge in [-0.05, 0) is 50.7 Å². The van der Waals surface area contributed by atoms with E-state index < -0.39 is 11.4 Å². The van der Waals surface area contributed by atoms with Crippen LogP contribution in [0.5, 0.6) is 5.75 Å². The van der Waals surface area contributed by atoms with Gasteiger partial charge in [0.25, 0.3) is 0 Å². The number of nitrogens with two attached hydrogens (primary N) is 1. The smallest absolute Gasteiger partial charge is 0.341 e. The van der Waals surface area contributed by atoms with Crippen LogP contribution >= 0.6 is 12.4 Å². The molecule has 8 heteroatoms. The van der Waals surface area contributed by atoms with Crippen molar-refractivity contribution in [3.8, 4) is 5.75 Å². The van der Waals surface area contributed by atoms with Gasteiger partial charge in [0.15, 0.2) is 5.75 Å². The normalized spacial score (nSPS) is 22.1. The first kappa shape index (κ1) is 22.4. The maximum atomic E-state index is 12.8. The number of carbonyl (C=O) groups is 1. The first-order chi connectivity index (χ1) is 13.9. The molecule has 0 amide bonds. The molecule has 1 saturated carbocycles. The molecule has 0 spiro atoms. The molecule has 1 aliphatic heterocycles. The predicted octanol–water partition coefficient (Wildman–Crippen LogP) is 3.42. The van der Waals surface area contributed by atoms with Gasteiger partial charge < -0.3 is 25.0 Å². The summed E-state index contributed by atoms with van der Waals surface area (Å²) in [5.74, 6) is -0.146. The standard InChI is InChI=1S/C22H29N3O4.ClH/c1-4-14-9-13(12(2)23)10-24(14)18-8-7-16-19(21(18)29-3)25(15-5-6-15)11-17(20(16)26)22(27)28;/h7-8,11-15H,4-6,9-10,23H2,1-3H3,(H,27,28);1H/t12-,13?,14?;/m0./s1. The van der Waals surface area contributed by atoms with Gasteiger partial charge in [-0.1, -0.05) is 6.92 Å². The van der Waals surface area contributed by atoms with Crippen LogP contribution in [0.3, 0.4) is 0 Å². The molecular weight excluding hydrogens is 406 g/mol. The molecule has 0 radical (unpaired) electrons. The van der Waals surface area contributed by atoms with Crippen molar-refractivity contribution in [2.75, 3.05) is 18.6 Å². The lowest BCUT2D eigenvalue weighted by Gasteiger charge is -2.29. The van der Waals surface area contributed by atoms with Gasteiger partial charge in [0.05, 0.1) is 23.7 Å². The molecule has 7 nitrogen and oxygen atoms in total. The number of pyridine rings is 1. The van der Waals surface area contributed by atoms with E-state index >= 15 is 0 Å². The number of rotatable bonds is 6. The molecular formula is C22H30ClN3O4. The number of carboxylic acid groups (broad SMARTS) is 1. The summed E-state index contributed by atoms with van der Waals surface area (Å²) in [7, 11) is 1.62. The lowest BCUT2D eigenvalue weighted by molar-refractivity contribution is 0.0695. The second kappa shape index (κ2) is 8.47. The molecule has 1 aromatic carbocycles. The Balaban J connectivity index is 0.00000256. The molecule has 2 heterocycles. The monoisotopic (exact) mass is 435 g/mol. The molecule has 2 unspecified atom stereocenters. The summed E-state index contributed by atoms with van der Waals surface area (Å²) in [5.41, 5.74) is 7.19. The lowest BCUT2D eigenvalue weighted by atomic mass is 9.98. The number of nitrogens with zero attached hydrogens (tertiary/aromatic N) is 2. The number of carboxylic acids is 1. The summed E-state index contributed by atoms with van der Waals surface area (Å²) in [4.78, 5) is 26.8. The first-order valence-corrected chi connectivity index (χ1v) is 10.4. The highest BCUT2D eigenvalue weighted by molar-refractivity contribution is 5.97. The fourth-order valence-electron chi connectivity index (χ4n) is 4.64. The van der Waals surface area contributed by atoms with Crippen LogP contribution in [-0.4, -0.2) is 41.4 Å². The molecule has 30 heavy (non-hydrogen) atoms. The molecule has 1 aromatic heterocycles. The maximum Gasteiger partial charge on any atom is 0.341 e. The van der Waals surface area contributed by atoms with Crippen LogP contribution in [0.15, 0.2) is 23.1 Å². The highest BCUT2D eigenvalue weighted by atomic mass is 35.5. The highest BCUT2D eigenvalue weighted by Gasteiger charge is 2.36. The number of methoxy groups -OCH3 is 1. The van der Waals surface area contributed by atoms with E-state index in [1.54, 1.807) is 13.2 Å². The Morgan fingerprint density at radius 1 is 1.37 bits per heavy atom. The van der Waals surface area contributed by atoms with Gasteiger partial charge in [-0.2, -0.15) is 0 Å². The fraction of sp³-hybridized carbons (Fsp3) is 0.545. The van der Waals surface area contributed by atoms with Crippen LogP contribution in [0, 0.1) is 5.92 Å². The summed E-state index contributed by atoms with van der Waals surface area (Å²) in [6.07, 6.45) is 5.46. The summed E-state index contributed by atoms with van der Waals surface area (Å²) in [6.45, 7) is 5.07. The van der Waals surface area contributed by atoms with Crippen molar-refractivity contribution in [2.24, 2.45) is 11.7 Å². The van der Waals surface area contributed by atoms with Gasteiger partial charge in [-0.25, -0.2) is 4.79 Å². The number of aromatic nitrogens is 1. The molecule has 2 fully saturated rings. The van der Waals surface area contributed by atoms with E-state index in [9.17, 15) is 14.7 Å². The van der Waals surface area contributed by atoms with Crippen molar-refractivity contribution >= 4 is 35.0 Å². The highest BCUT2D eigenvalue weighted by Crippen LogP contribution is 2.44. The molecule has 2 aromatic rings. The summed E-state index contributed by atoms with van der Waals surface area (Å²) in [5, 5.41) is 9.89. The number of hydrogen-bond acceptors (Lipinski definition) is 5. The SMILES string of the molecule is CCC1CC([C@H](C)N)CN1c1ccc2c(=O)c(C(=O)O)cn(C3CC3)c2c1OC.Cl. The minimum atomic E-state index is -1.19. The predicted molar refractivity (Wildman–Crippen MR) is 120 cm³/mol. The third kappa shape index (κ3) is 3.65. The van der Waals surface area contributed by atoms with Gasteiger partial charge in [0, 0.05) is 30.9 Å². The van der Waals surface area contributed by atoms with Crippen LogP contribution < -0.4 is 20.8 Å². The van der Waals surface area contributed by atoms with Crippen molar-refractivity contribution in [1.82, 2.24) is 4.57 Å². The first-order valence-electron chi connectivity index (χ1n) is 10.4. The van der Waals surface area contributed by atoms with Gasteiger partial charge in [-0.15, -0.1) is 12.4 Å². The summed E-state index contributed by atoms with van der Waals surface area (Å²) >= 11 is 0. The Bertz CT molecular complexity index is 1020. The number of hydrogen-bond donors (Lipinski definition) is 2. The molecule has 3 N–H and O–H groups in total. The molecule has 1 saturated heterocycles. The largest absolute Gasteiger partial charge is 0.492 e. The zero-order valence-corrected chi connectivity index (χ0v) is 18.4. The van der Waals surface area contributed by atoms with Gasteiger partial charge in [0.2, 0.25) is 5.43 Å². The number of anilines is 1. The van der Waals surface area contributed by atoms with E-state index in [4.69, 9.17) is 10.5 Å². The molecule has 0 bridgehead atoms. The van der Waals surface area contributed by atoms with Crippen molar-refractivity contribution in [3.05, 3.63) is 34.1 Å². The van der Waals surface area contributed by atoms with Gasteiger partial charge in [0.1, 0.15) is 5.56 Å². The Morgan fingerprint density at radius 2 is 2.07 bits per heavy atom. The third-order valence-corrected chi connectivity index (χ3v) is 6.47. The van der Waals surface area contributed by atoms with Crippen LogP contribution in [-0.2, 0) is 0 Å². The summed E-state index contributed by atoms with van der Waals surface area (Å²) < 4.78 is 7.79. The van der Waals surface area contributed by atoms with Crippen LogP contribution in [0.1, 0.15) is 55.9 Å². The third-order valence-electron chi connectivity index (χ3n) is 6.47. The Labute approximate surface area is 182 Å². The molecule has 164 valence electrons. The molecule has 3 atom stereocenters. The van der Waals surface area contributed by atoms with Gasteiger partial charge in [-0.3, -0.25) is 4.79 Å². The van der Waals surface area contributed by atoms with E-state index in [0.717, 1.165) is 37.9 Å².